The lowest BCUT2D eigenvalue weighted by Crippen LogP contribution is -2.50. The van der Waals surface area contributed by atoms with Crippen LogP contribution in [0.2, 0.25) is 0 Å². The molecule has 0 spiro atoms. The molecule has 8 heteroatoms. The van der Waals surface area contributed by atoms with Crippen molar-refractivity contribution in [3.63, 3.8) is 0 Å². The van der Waals surface area contributed by atoms with Crippen molar-refractivity contribution in [2.45, 2.75) is 24.8 Å². The maximum Gasteiger partial charge on any atom is 0.338 e. The molecule has 2 aromatic carbocycles. The number of carbonyl (C=O) groups excluding carboxylic acids is 1. The standard InChI is InChI=1S/C19H21NO7/c20-19(18(25)26,11-12-2-7-15(22)16(23)10-12)8-1-9-27-17(24)13-3-5-14(21)6-4-13/h2-7,10,21-23H,1,8-9,11,20H2,(H,25,26)/t19-/m0/s1. The number of aliphatic carboxylic acids is 1. The highest BCUT2D eigenvalue weighted by Crippen LogP contribution is 2.27. The lowest BCUT2D eigenvalue weighted by atomic mass is 9.87. The molecule has 0 amide bonds. The SMILES string of the molecule is N[C@@](CCCOC(=O)c1ccc(O)cc1)(Cc1ccc(O)c(O)c1)C(=O)O. The highest BCUT2D eigenvalue weighted by atomic mass is 16.5. The Balaban J connectivity index is 1.91. The molecule has 0 radical (unpaired) electrons. The van der Waals surface area contributed by atoms with Gasteiger partial charge in [0.2, 0.25) is 0 Å². The molecule has 0 saturated heterocycles. The number of carbonyl (C=O) groups is 2. The Bertz CT molecular complexity index is 819. The number of nitrogens with two attached hydrogens (primary N) is 1. The minimum atomic E-state index is -1.62. The van der Waals surface area contributed by atoms with Crippen LogP contribution in [0.1, 0.15) is 28.8 Å². The fourth-order valence-electron chi connectivity index (χ4n) is 2.55. The zero-order valence-electron chi connectivity index (χ0n) is 14.5. The van der Waals surface area contributed by atoms with Gasteiger partial charge in [0.15, 0.2) is 11.5 Å². The highest BCUT2D eigenvalue weighted by Gasteiger charge is 2.34. The molecule has 1 atom stereocenters. The van der Waals surface area contributed by atoms with Crippen LogP contribution < -0.4 is 5.73 Å². The van der Waals surface area contributed by atoms with Crippen LogP contribution in [0.4, 0.5) is 0 Å². The number of aromatic hydroxyl groups is 3. The number of carboxylic acid groups (broad SMARTS) is 1. The van der Waals surface area contributed by atoms with Crippen LogP contribution in [0.25, 0.3) is 0 Å². The summed E-state index contributed by atoms with van der Waals surface area (Å²) in [5.41, 5.74) is 5.10. The van der Waals surface area contributed by atoms with Gasteiger partial charge in [0.1, 0.15) is 11.3 Å². The summed E-state index contributed by atoms with van der Waals surface area (Å²) < 4.78 is 5.09. The second-order valence-electron chi connectivity index (χ2n) is 6.25. The largest absolute Gasteiger partial charge is 0.508 e. The van der Waals surface area contributed by atoms with Crippen molar-refractivity contribution in [1.29, 1.82) is 0 Å². The van der Waals surface area contributed by atoms with Crippen molar-refractivity contribution in [3.05, 3.63) is 53.6 Å². The van der Waals surface area contributed by atoms with Crippen molar-refractivity contribution in [2.24, 2.45) is 5.73 Å². The third-order valence-corrected chi connectivity index (χ3v) is 4.09. The maximum absolute atomic E-state index is 11.9. The summed E-state index contributed by atoms with van der Waals surface area (Å²) in [7, 11) is 0. The average Bonchev–Trinajstić information content (AvgIpc) is 2.62. The van der Waals surface area contributed by atoms with E-state index in [1.165, 1.54) is 42.5 Å². The molecule has 8 nitrogen and oxygen atoms in total. The second-order valence-corrected chi connectivity index (χ2v) is 6.25. The Labute approximate surface area is 155 Å². The molecule has 0 unspecified atom stereocenters. The molecule has 6 N–H and O–H groups in total. The summed E-state index contributed by atoms with van der Waals surface area (Å²) in [6, 6.07) is 9.54. The topological polar surface area (TPSA) is 150 Å². The van der Waals surface area contributed by atoms with E-state index in [1.807, 2.05) is 0 Å². The van der Waals surface area contributed by atoms with Crippen molar-refractivity contribution < 1.29 is 34.8 Å². The molecule has 2 aromatic rings. The van der Waals surface area contributed by atoms with Gasteiger partial charge in [-0.25, -0.2) is 4.79 Å². The van der Waals surface area contributed by atoms with Gasteiger partial charge in [0.25, 0.3) is 0 Å². The van der Waals surface area contributed by atoms with E-state index in [-0.39, 0.29) is 48.7 Å². The minimum Gasteiger partial charge on any atom is -0.508 e. The van der Waals surface area contributed by atoms with Crippen molar-refractivity contribution >= 4 is 11.9 Å². The number of benzene rings is 2. The number of phenolic OH excluding ortho intramolecular Hbond substituents is 3. The zero-order valence-corrected chi connectivity index (χ0v) is 14.5. The number of ether oxygens (including phenoxy) is 1. The predicted molar refractivity (Wildman–Crippen MR) is 95.7 cm³/mol. The minimum absolute atomic E-state index is 0.0211. The van der Waals surface area contributed by atoms with E-state index in [2.05, 4.69) is 0 Å². The van der Waals surface area contributed by atoms with Crippen LogP contribution in [0, 0.1) is 0 Å². The first kappa shape index (κ1) is 20.1. The van der Waals surface area contributed by atoms with Crippen LogP contribution in [0.5, 0.6) is 17.2 Å². The Hall–Kier alpha value is -3.26. The lowest BCUT2D eigenvalue weighted by molar-refractivity contribution is -0.143. The number of hydrogen-bond donors (Lipinski definition) is 5. The van der Waals surface area contributed by atoms with Crippen LogP contribution in [0.3, 0.4) is 0 Å². The van der Waals surface area contributed by atoms with Gasteiger partial charge in [-0.3, -0.25) is 4.79 Å². The van der Waals surface area contributed by atoms with E-state index in [1.54, 1.807) is 0 Å². The van der Waals surface area contributed by atoms with Gasteiger partial charge in [-0.05, 0) is 54.8 Å². The van der Waals surface area contributed by atoms with E-state index in [0.717, 1.165) is 0 Å². The fraction of sp³-hybridized carbons (Fsp3) is 0.263. The number of esters is 1. The Morgan fingerprint density at radius 2 is 1.67 bits per heavy atom. The lowest BCUT2D eigenvalue weighted by Gasteiger charge is -2.25. The smallest absolute Gasteiger partial charge is 0.338 e. The van der Waals surface area contributed by atoms with E-state index >= 15 is 0 Å². The zero-order chi connectivity index (χ0) is 20.0. The first-order valence-corrected chi connectivity index (χ1v) is 8.20. The number of rotatable bonds is 8. The highest BCUT2D eigenvalue weighted by molar-refractivity contribution is 5.89. The monoisotopic (exact) mass is 375 g/mol. The van der Waals surface area contributed by atoms with Gasteiger partial charge in [-0.1, -0.05) is 6.07 Å². The third-order valence-electron chi connectivity index (χ3n) is 4.09. The average molecular weight is 375 g/mol. The van der Waals surface area contributed by atoms with Crippen LogP contribution in [-0.4, -0.2) is 44.5 Å². The fourth-order valence-corrected chi connectivity index (χ4v) is 2.55. The summed E-state index contributed by atoms with van der Waals surface area (Å²) in [5.74, 6) is -2.45. The first-order chi connectivity index (χ1) is 12.7. The number of hydrogen-bond acceptors (Lipinski definition) is 7. The van der Waals surface area contributed by atoms with Gasteiger partial charge in [-0.15, -0.1) is 0 Å². The summed E-state index contributed by atoms with van der Waals surface area (Å²) >= 11 is 0. The summed E-state index contributed by atoms with van der Waals surface area (Å²) in [5, 5.41) is 37.5. The van der Waals surface area contributed by atoms with Crippen molar-refractivity contribution in [2.75, 3.05) is 6.61 Å². The van der Waals surface area contributed by atoms with Gasteiger partial charge >= 0.3 is 11.9 Å². The Morgan fingerprint density at radius 3 is 2.26 bits per heavy atom. The quantitative estimate of drug-likeness (QED) is 0.266. The van der Waals surface area contributed by atoms with E-state index in [0.29, 0.717) is 5.56 Å². The van der Waals surface area contributed by atoms with Gasteiger partial charge in [0, 0.05) is 6.42 Å². The Morgan fingerprint density at radius 1 is 1.00 bits per heavy atom. The molecular weight excluding hydrogens is 354 g/mol. The summed E-state index contributed by atoms with van der Waals surface area (Å²) in [4.78, 5) is 23.5. The third kappa shape index (κ3) is 5.35. The van der Waals surface area contributed by atoms with Gasteiger partial charge in [0.05, 0.1) is 12.2 Å². The molecule has 0 aliphatic carbocycles. The molecule has 0 aliphatic heterocycles. The van der Waals surface area contributed by atoms with E-state index < -0.39 is 17.5 Å². The van der Waals surface area contributed by atoms with E-state index in [9.17, 15) is 30.0 Å². The normalized spacial score (nSPS) is 12.9. The predicted octanol–water partition coefficient (Wildman–Crippen LogP) is 1.77. The first-order valence-electron chi connectivity index (χ1n) is 8.20. The Kier molecular flexibility index (Phi) is 6.25. The molecule has 0 bridgehead atoms. The van der Waals surface area contributed by atoms with Gasteiger partial charge < -0.3 is 30.9 Å². The molecule has 0 saturated carbocycles. The van der Waals surface area contributed by atoms with Crippen LogP contribution >= 0.6 is 0 Å². The number of phenols is 3. The second kappa shape index (κ2) is 8.41. The molecule has 0 aromatic heterocycles. The summed E-state index contributed by atoms with van der Waals surface area (Å²) in [6.45, 7) is -0.0211. The van der Waals surface area contributed by atoms with Crippen LogP contribution in [0.15, 0.2) is 42.5 Å². The van der Waals surface area contributed by atoms with Gasteiger partial charge in [-0.2, -0.15) is 0 Å². The summed E-state index contributed by atoms with van der Waals surface area (Å²) in [6.07, 6.45) is 0.186. The van der Waals surface area contributed by atoms with Crippen molar-refractivity contribution in [3.8, 4) is 17.2 Å². The molecule has 0 fully saturated rings. The van der Waals surface area contributed by atoms with Crippen LogP contribution in [-0.2, 0) is 16.0 Å². The molecule has 0 aliphatic rings. The van der Waals surface area contributed by atoms with Crippen molar-refractivity contribution in [1.82, 2.24) is 0 Å². The molecule has 144 valence electrons. The molecular formula is C19H21NO7. The van der Waals surface area contributed by atoms with E-state index in [4.69, 9.17) is 10.5 Å². The molecule has 0 heterocycles. The molecule has 2 rings (SSSR count). The number of carboxylic acids is 1. The maximum atomic E-state index is 11.9. The molecule has 27 heavy (non-hydrogen) atoms.